The number of aldehydes is 1. The van der Waals surface area contributed by atoms with Crippen molar-refractivity contribution in [2.24, 2.45) is 5.11 Å². The van der Waals surface area contributed by atoms with Crippen molar-refractivity contribution < 1.29 is 42.2 Å². The molecule has 2 amide bonds. The molecule has 0 bridgehead atoms. The third-order valence-electron chi connectivity index (χ3n) is 22.9. The smallest absolute Gasteiger partial charge is 0.261 e. The van der Waals surface area contributed by atoms with Crippen LogP contribution in [0.15, 0.2) is 175 Å². The summed E-state index contributed by atoms with van der Waals surface area (Å²) in [5.74, 6) is 1.83. The zero-order chi connectivity index (χ0) is 86.2. The fourth-order valence-corrected chi connectivity index (χ4v) is 25.2. The number of carbonyl (C=O) groups excluding carboxylic acids is 3. The summed E-state index contributed by atoms with van der Waals surface area (Å²) < 4.78 is 37.2. The molecule has 4 atom stereocenters. The molecule has 0 radical (unpaired) electrons. The van der Waals surface area contributed by atoms with Crippen molar-refractivity contribution in [3.05, 3.63) is 191 Å². The first-order chi connectivity index (χ1) is 57.9. The number of nitrogens with one attached hydrogen (secondary N) is 3. The summed E-state index contributed by atoms with van der Waals surface area (Å²) in [5, 5.41) is 18.6. The molecule has 0 spiro atoms. The maximum Gasteiger partial charge on any atom is 0.261 e. The molecule has 662 valence electrons. The van der Waals surface area contributed by atoms with E-state index in [9.17, 15) is 14.4 Å². The largest absolute Gasteiger partial charge is 0.497 e. The summed E-state index contributed by atoms with van der Waals surface area (Å²) in [4.78, 5) is 40.1. The highest BCUT2D eigenvalue weighted by Crippen LogP contribution is 2.38. The van der Waals surface area contributed by atoms with Crippen LogP contribution in [-0.4, -0.2) is 106 Å². The van der Waals surface area contributed by atoms with Gasteiger partial charge < -0.3 is 48.5 Å². The quantitative estimate of drug-likeness (QED) is 0.00827. The van der Waals surface area contributed by atoms with Crippen molar-refractivity contribution in [2.45, 2.75) is 361 Å². The van der Waals surface area contributed by atoms with Crippen molar-refractivity contribution in [1.29, 1.82) is 0 Å². The molecular formula is C102H162N6O9Si2. The van der Waals surface area contributed by atoms with Gasteiger partial charge in [-0.15, -0.1) is 0 Å². The topological polar surface area (TPSA) is 191 Å². The van der Waals surface area contributed by atoms with E-state index in [1.54, 1.807) is 14.2 Å². The number of carbonyl (C=O) groups is 3. The maximum absolute atomic E-state index is 13.6. The summed E-state index contributed by atoms with van der Waals surface area (Å²) in [7, 11) is -2.16. The van der Waals surface area contributed by atoms with Crippen molar-refractivity contribution in [1.82, 2.24) is 16.0 Å². The highest BCUT2D eigenvalue weighted by Gasteiger charge is 2.52. The van der Waals surface area contributed by atoms with E-state index in [0.717, 1.165) is 86.8 Å². The van der Waals surface area contributed by atoms with Crippen LogP contribution >= 0.6 is 0 Å². The van der Waals surface area contributed by atoms with Crippen LogP contribution in [-0.2, 0) is 45.9 Å². The van der Waals surface area contributed by atoms with Crippen LogP contribution in [0.5, 0.6) is 11.5 Å². The Kier molecular flexibility index (Phi) is 56.9. The van der Waals surface area contributed by atoms with E-state index in [0.29, 0.717) is 45.6 Å². The Balaban J connectivity index is 0.000000419. The highest BCUT2D eigenvalue weighted by molar-refractivity contribution is 7.00. The monoisotopic (exact) mass is 1670 g/mol. The van der Waals surface area contributed by atoms with Gasteiger partial charge in [-0.05, 0) is 110 Å². The van der Waals surface area contributed by atoms with Gasteiger partial charge in [0, 0.05) is 37.3 Å². The number of amides is 2. The van der Waals surface area contributed by atoms with Crippen LogP contribution in [0.1, 0.15) is 324 Å². The molecule has 0 unspecified atom stereocenters. The lowest BCUT2D eigenvalue weighted by atomic mass is 10.1. The van der Waals surface area contributed by atoms with Gasteiger partial charge >= 0.3 is 0 Å². The molecule has 0 aliphatic carbocycles. The SMILES string of the molecule is CCCCCCCCCCCCCC(=O)N[C@H](CN=[N+]=[N-])CO[Si](c1ccccc1)(c1ccccc1)C(C)(C)C.CCCCCCCCCCCCCC(=O)N[C@H](CNCC[C@@H](CCCCCCC)OCc1ccc(OC)cc1)CO[Si](c1ccccc1)(c1ccccc1)C(C)(C)C.CCCCCCC[C@H](CC=O)OCc1ccc(OC)cc1. The van der Waals surface area contributed by atoms with Gasteiger partial charge in [0.25, 0.3) is 16.6 Å². The number of hydrogen-bond donors (Lipinski definition) is 3. The summed E-state index contributed by atoms with van der Waals surface area (Å²) in [6, 6.07) is 58.0. The molecule has 0 saturated carbocycles. The highest BCUT2D eigenvalue weighted by atomic mass is 28.4. The van der Waals surface area contributed by atoms with Gasteiger partial charge in [0.15, 0.2) is 0 Å². The fraction of sp³-hybridized carbons (Fsp3) is 0.618. The molecule has 0 saturated heterocycles. The zero-order valence-electron chi connectivity index (χ0n) is 76.4. The van der Waals surface area contributed by atoms with Crippen LogP contribution in [0, 0.1) is 0 Å². The zero-order valence-corrected chi connectivity index (χ0v) is 78.4. The molecule has 3 N–H and O–H groups in total. The molecule has 0 aliphatic rings. The Morgan fingerprint density at radius 1 is 0.412 bits per heavy atom. The van der Waals surface area contributed by atoms with Crippen LogP contribution in [0.3, 0.4) is 0 Å². The van der Waals surface area contributed by atoms with E-state index in [2.05, 4.69) is 217 Å². The number of methoxy groups -OCH3 is 2. The summed E-state index contributed by atoms with van der Waals surface area (Å²) >= 11 is 0. The Labute approximate surface area is 725 Å². The predicted molar refractivity (Wildman–Crippen MR) is 505 cm³/mol. The second-order valence-corrected chi connectivity index (χ2v) is 43.4. The lowest BCUT2D eigenvalue weighted by Gasteiger charge is -2.43. The minimum absolute atomic E-state index is 0.000103. The number of rotatable bonds is 65. The third-order valence-corrected chi connectivity index (χ3v) is 32.9. The predicted octanol–water partition coefficient (Wildman–Crippen LogP) is 24.3. The van der Waals surface area contributed by atoms with Gasteiger partial charge in [-0.3, -0.25) is 9.59 Å². The molecule has 0 fully saturated rings. The van der Waals surface area contributed by atoms with E-state index in [1.165, 1.54) is 194 Å². The van der Waals surface area contributed by atoms with E-state index in [4.69, 9.17) is 33.3 Å². The van der Waals surface area contributed by atoms with E-state index >= 15 is 0 Å². The number of nitrogens with zero attached hydrogens (tertiary/aromatic N) is 3. The minimum atomic E-state index is -2.77. The van der Waals surface area contributed by atoms with Gasteiger partial charge in [-0.1, -0.05) is 413 Å². The van der Waals surface area contributed by atoms with E-state index < -0.39 is 16.6 Å². The number of benzene rings is 6. The Hall–Kier alpha value is -6.93. The van der Waals surface area contributed by atoms with Crippen LogP contribution in [0.2, 0.25) is 10.1 Å². The van der Waals surface area contributed by atoms with Crippen molar-refractivity contribution >= 4 is 55.5 Å². The number of azide groups is 1. The molecule has 6 aromatic carbocycles. The molecular weight excluding hydrogens is 1510 g/mol. The molecule has 17 heteroatoms. The first kappa shape index (κ1) is 104. The number of hydrogen-bond acceptors (Lipinski definition) is 11. The lowest BCUT2D eigenvalue weighted by molar-refractivity contribution is -0.123. The third kappa shape index (κ3) is 43.1. The Morgan fingerprint density at radius 3 is 1.05 bits per heavy atom. The van der Waals surface area contributed by atoms with Crippen LogP contribution < -0.4 is 46.2 Å². The molecule has 119 heavy (non-hydrogen) atoms. The van der Waals surface area contributed by atoms with Gasteiger partial charge in [0.05, 0.1) is 64.9 Å². The molecule has 0 heterocycles. The van der Waals surface area contributed by atoms with Gasteiger partial charge in [0.2, 0.25) is 11.8 Å². The van der Waals surface area contributed by atoms with Gasteiger partial charge in [0.1, 0.15) is 17.8 Å². The molecule has 15 nitrogen and oxygen atoms in total. The first-order valence-electron chi connectivity index (χ1n) is 46.6. The average molecular weight is 1670 g/mol. The summed E-state index contributed by atoms with van der Waals surface area (Å²) in [6.45, 7) is 26.1. The maximum atomic E-state index is 13.6. The number of ether oxygens (including phenoxy) is 4. The molecule has 0 aromatic heterocycles. The standard InChI is InChI=1S/C51H82N2O4Si.C33H52N4O2Si.C18H28O3/c1-7-9-11-13-14-15-16-17-18-20-28-34-50(54)53-45(43-57-58(51(3,4)5,48-30-24-21-25-31-48)49-32-26-22-27-33-49)41-52-40-39-47(29-23-19-12-10-8-2)56-42-44-35-37-46(55-6)38-36-44;1-5-6-7-8-9-10-11-12-13-14-21-26-32(38)36-29(27-35-37-34)28-39-40(33(2,3)4,30-22-17-15-18-23-30)31-24-19-16-20-25-31;1-3-4-5-6-7-8-18(13-14-19)21-15-16-9-11-17(20-2)12-10-16/h21-22,24-27,30-33,35-38,45,47,52H,7-20,23,28-29,34,39-43H2,1-6H3,(H,53,54);15-20,22-25,29H,5-14,21,26-28H2,1-4H3,(H,36,38);9-12,14,18H,3-8,13,15H2,1-2H3/t45-,47-;29-;18-/m111/s1. The van der Waals surface area contributed by atoms with Gasteiger partial charge in [-0.25, -0.2) is 0 Å². The summed E-state index contributed by atoms with van der Waals surface area (Å²) in [6.07, 6.45) is 45.9. The second-order valence-electron chi connectivity index (χ2n) is 34.8. The molecule has 0 aliphatic heterocycles. The average Bonchev–Trinajstić information content (AvgIpc) is 0.753. The lowest BCUT2D eigenvalue weighted by Crippen LogP contribution is -2.67. The Morgan fingerprint density at radius 2 is 0.723 bits per heavy atom. The van der Waals surface area contributed by atoms with E-state index in [1.807, 2.05) is 48.5 Å². The molecule has 6 aromatic rings. The Bertz CT molecular complexity index is 3430. The fourth-order valence-electron chi connectivity index (χ4n) is 15.9. The molecule has 6 rings (SSSR count). The normalized spacial score (nSPS) is 12.7. The van der Waals surface area contributed by atoms with Gasteiger partial charge in [-0.2, -0.15) is 0 Å². The van der Waals surface area contributed by atoms with Crippen LogP contribution in [0.25, 0.3) is 10.4 Å². The van der Waals surface area contributed by atoms with Crippen molar-refractivity contribution in [3.8, 4) is 11.5 Å². The summed E-state index contributed by atoms with van der Waals surface area (Å²) in [5.41, 5.74) is 11.3. The first-order valence-corrected chi connectivity index (χ1v) is 50.4. The van der Waals surface area contributed by atoms with Crippen molar-refractivity contribution in [2.75, 3.05) is 47.1 Å². The minimum Gasteiger partial charge on any atom is -0.497 e. The number of unbranched alkanes of at least 4 members (excludes halogenated alkanes) is 28. The van der Waals surface area contributed by atoms with Crippen LogP contribution in [0.4, 0.5) is 0 Å². The van der Waals surface area contributed by atoms with E-state index in [-0.39, 0.29) is 59.3 Å². The second kappa shape index (κ2) is 64.8. The van der Waals surface area contributed by atoms with Crippen molar-refractivity contribution in [3.63, 3.8) is 0 Å².